The van der Waals surface area contributed by atoms with Crippen LogP contribution < -0.4 is 5.56 Å². The van der Waals surface area contributed by atoms with Crippen LogP contribution in [0.25, 0.3) is 0 Å². The molecule has 0 aliphatic heterocycles. The van der Waals surface area contributed by atoms with Crippen molar-refractivity contribution in [2.45, 2.75) is 51.5 Å². The summed E-state index contributed by atoms with van der Waals surface area (Å²) >= 11 is 0. The molecule has 1 heterocycles. The Morgan fingerprint density at radius 1 is 1.39 bits per heavy atom. The van der Waals surface area contributed by atoms with Crippen LogP contribution in [0.1, 0.15) is 56.2 Å². The Hall–Kier alpha value is -1.62. The fourth-order valence-electron chi connectivity index (χ4n) is 2.96. The molecule has 0 spiro atoms. The maximum absolute atomic E-state index is 12.5. The molecule has 1 N–H and O–H groups in total. The molecule has 0 saturated heterocycles. The van der Waals surface area contributed by atoms with E-state index in [0.717, 1.165) is 36.9 Å². The SMILES string of the molecule is CC(C)CC(C(=O)O)n1cc(CCN(C)C)c(C2CC2)cc1=O. The average molecular weight is 320 g/mol. The summed E-state index contributed by atoms with van der Waals surface area (Å²) in [6, 6.07) is 0.896. The highest BCUT2D eigenvalue weighted by Crippen LogP contribution is 2.41. The molecule has 0 aromatic carbocycles. The Bertz CT molecular complexity index is 615. The van der Waals surface area contributed by atoms with Crippen LogP contribution in [0.4, 0.5) is 0 Å². The van der Waals surface area contributed by atoms with Crippen LogP contribution >= 0.6 is 0 Å². The van der Waals surface area contributed by atoms with Gasteiger partial charge >= 0.3 is 5.97 Å². The first-order valence-corrected chi connectivity index (χ1v) is 8.42. The zero-order valence-corrected chi connectivity index (χ0v) is 14.6. The van der Waals surface area contributed by atoms with Crippen LogP contribution in [-0.2, 0) is 11.2 Å². The van der Waals surface area contributed by atoms with Crippen LogP contribution in [-0.4, -0.2) is 41.2 Å². The van der Waals surface area contributed by atoms with Crippen molar-refractivity contribution in [1.29, 1.82) is 0 Å². The van der Waals surface area contributed by atoms with Gasteiger partial charge < -0.3 is 14.6 Å². The van der Waals surface area contributed by atoms with Gasteiger partial charge in [-0.3, -0.25) is 4.79 Å². The molecule has 1 saturated carbocycles. The Labute approximate surface area is 137 Å². The number of rotatable bonds is 8. The minimum absolute atomic E-state index is 0.187. The van der Waals surface area contributed by atoms with Gasteiger partial charge in [-0.15, -0.1) is 0 Å². The van der Waals surface area contributed by atoms with Crippen LogP contribution in [0.3, 0.4) is 0 Å². The molecule has 0 amide bonds. The van der Waals surface area contributed by atoms with E-state index in [0.29, 0.717) is 12.3 Å². The third-order valence-corrected chi connectivity index (χ3v) is 4.36. The zero-order chi connectivity index (χ0) is 17.1. The molecule has 23 heavy (non-hydrogen) atoms. The summed E-state index contributed by atoms with van der Waals surface area (Å²) in [6.45, 7) is 4.85. The molecule has 5 nitrogen and oxygen atoms in total. The predicted molar refractivity (Wildman–Crippen MR) is 91.1 cm³/mol. The zero-order valence-electron chi connectivity index (χ0n) is 14.6. The number of carbonyl (C=O) groups is 1. The van der Waals surface area contributed by atoms with E-state index in [4.69, 9.17) is 0 Å². The van der Waals surface area contributed by atoms with Gasteiger partial charge in [-0.1, -0.05) is 13.8 Å². The molecule has 1 aromatic rings. The molecule has 1 unspecified atom stereocenters. The Morgan fingerprint density at radius 2 is 2.04 bits per heavy atom. The van der Waals surface area contributed by atoms with Crippen LogP contribution in [0, 0.1) is 5.92 Å². The van der Waals surface area contributed by atoms with E-state index in [2.05, 4.69) is 4.90 Å². The van der Waals surface area contributed by atoms with Crippen molar-refractivity contribution in [2.24, 2.45) is 5.92 Å². The number of nitrogens with zero attached hydrogens (tertiary/aromatic N) is 2. The molecule has 1 fully saturated rings. The topological polar surface area (TPSA) is 62.5 Å². The maximum Gasteiger partial charge on any atom is 0.326 e. The van der Waals surface area contributed by atoms with Gasteiger partial charge in [0.2, 0.25) is 0 Å². The highest BCUT2D eigenvalue weighted by atomic mass is 16.4. The van der Waals surface area contributed by atoms with Crippen LogP contribution in [0.2, 0.25) is 0 Å². The first-order valence-electron chi connectivity index (χ1n) is 8.42. The number of carboxylic acids is 1. The summed E-state index contributed by atoms with van der Waals surface area (Å²) in [4.78, 5) is 26.2. The van der Waals surface area contributed by atoms with Gasteiger partial charge in [0.25, 0.3) is 5.56 Å². The standard InChI is InChI=1S/C18H28N2O3/c1-12(2)9-16(18(22)23)20-11-14(7-8-19(3)4)15(10-17(20)21)13-5-6-13/h10-13,16H,5-9H2,1-4H3,(H,22,23). The van der Waals surface area contributed by atoms with Gasteiger partial charge in [0, 0.05) is 18.8 Å². The normalized spacial score (nSPS) is 16.1. The number of hydrogen-bond acceptors (Lipinski definition) is 3. The van der Waals surface area contributed by atoms with E-state index in [1.54, 1.807) is 12.3 Å². The molecule has 1 aliphatic rings. The van der Waals surface area contributed by atoms with Crippen molar-refractivity contribution >= 4 is 5.97 Å². The molecule has 5 heteroatoms. The second-order valence-electron chi connectivity index (χ2n) is 7.31. The molecular weight excluding hydrogens is 292 g/mol. The smallest absolute Gasteiger partial charge is 0.326 e. The third kappa shape index (κ3) is 4.67. The van der Waals surface area contributed by atoms with Gasteiger partial charge in [-0.2, -0.15) is 0 Å². The second-order valence-corrected chi connectivity index (χ2v) is 7.31. The number of aliphatic carboxylic acids is 1. The molecule has 1 atom stereocenters. The first-order chi connectivity index (χ1) is 10.8. The summed E-state index contributed by atoms with van der Waals surface area (Å²) < 4.78 is 1.43. The van der Waals surface area contributed by atoms with Crippen molar-refractivity contribution in [3.8, 4) is 0 Å². The summed E-state index contributed by atoms with van der Waals surface area (Å²) in [5, 5.41) is 9.53. The Morgan fingerprint density at radius 3 is 2.52 bits per heavy atom. The van der Waals surface area contributed by atoms with Crippen LogP contribution in [0.15, 0.2) is 17.1 Å². The van der Waals surface area contributed by atoms with Gasteiger partial charge in [0.15, 0.2) is 0 Å². The van der Waals surface area contributed by atoms with E-state index in [9.17, 15) is 14.7 Å². The van der Waals surface area contributed by atoms with Crippen molar-refractivity contribution in [2.75, 3.05) is 20.6 Å². The fourth-order valence-corrected chi connectivity index (χ4v) is 2.96. The number of likely N-dealkylation sites (N-methyl/N-ethyl adjacent to an activating group) is 1. The molecule has 0 radical (unpaired) electrons. The molecular formula is C18H28N2O3. The number of hydrogen-bond donors (Lipinski definition) is 1. The van der Waals surface area contributed by atoms with E-state index < -0.39 is 12.0 Å². The molecule has 2 rings (SSSR count). The quantitative estimate of drug-likeness (QED) is 0.799. The van der Waals surface area contributed by atoms with Crippen molar-refractivity contribution in [3.63, 3.8) is 0 Å². The summed E-state index contributed by atoms with van der Waals surface area (Å²) in [5.41, 5.74) is 2.06. The number of aromatic nitrogens is 1. The van der Waals surface area contributed by atoms with E-state index >= 15 is 0 Å². The maximum atomic E-state index is 12.5. The van der Waals surface area contributed by atoms with Gasteiger partial charge in [-0.05, 0) is 62.7 Å². The summed E-state index contributed by atoms with van der Waals surface area (Å²) in [5.74, 6) is -0.224. The third-order valence-electron chi connectivity index (χ3n) is 4.36. The average Bonchev–Trinajstić information content (AvgIpc) is 3.27. The Kier molecular flexibility index (Phi) is 5.63. The Balaban J connectivity index is 2.40. The summed E-state index contributed by atoms with van der Waals surface area (Å²) in [6.07, 6.45) is 5.37. The van der Waals surface area contributed by atoms with Gasteiger partial charge in [0.05, 0.1) is 0 Å². The van der Waals surface area contributed by atoms with Crippen molar-refractivity contribution in [3.05, 3.63) is 33.7 Å². The lowest BCUT2D eigenvalue weighted by atomic mass is 10.00. The minimum atomic E-state index is -0.932. The highest BCUT2D eigenvalue weighted by molar-refractivity contribution is 5.71. The second kappa shape index (κ2) is 7.30. The van der Waals surface area contributed by atoms with Gasteiger partial charge in [0.1, 0.15) is 6.04 Å². The van der Waals surface area contributed by atoms with Gasteiger partial charge in [-0.25, -0.2) is 4.79 Å². The molecule has 1 aromatic heterocycles. The fraction of sp³-hybridized carbons (Fsp3) is 0.667. The number of pyridine rings is 1. The lowest BCUT2D eigenvalue weighted by molar-refractivity contribution is -0.141. The lowest BCUT2D eigenvalue weighted by Gasteiger charge is -2.21. The van der Waals surface area contributed by atoms with E-state index in [1.165, 1.54) is 4.57 Å². The largest absolute Gasteiger partial charge is 0.480 e. The summed E-state index contributed by atoms with van der Waals surface area (Å²) in [7, 11) is 4.04. The lowest BCUT2D eigenvalue weighted by Crippen LogP contribution is -2.31. The van der Waals surface area contributed by atoms with E-state index in [-0.39, 0.29) is 11.5 Å². The van der Waals surface area contributed by atoms with Crippen molar-refractivity contribution in [1.82, 2.24) is 9.47 Å². The van der Waals surface area contributed by atoms with Crippen molar-refractivity contribution < 1.29 is 9.90 Å². The molecule has 1 aliphatic carbocycles. The monoisotopic (exact) mass is 320 g/mol. The number of carboxylic acid groups (broad SMARTS) is 1. The van der Waals surface area contributed by atoms with Crippen LogP contribution in [0.5, 0.6) is 0 Å². The van der Waals surface area contributed by atoms with E-state index in [1.807, 2.05) is 27.9 Å². The molecule has 0 bridgehead atoms. The minimum Gasteiger partial charge on any atom is -0.480 e. The highest BCUT2D eigenvalue weighted by Gasteiger charge is 2.29. The molecule has 128 valence electrons. The predicted octanol–water partition coefficient (Wildman–Crippen LogP) is 2.50. The first kappa shape index (κ1) is 17.7.